The van der Waals surface area contributed by atoms with E-state index in [0.29, 0.717) is 19.7 Å². The molecule has 0 saturated carbocycles. The lowest BCUT2D eigenvalue weighted by Crippen LogP contribution is -2.37. The highest BCUT2D eigenvalue weighted by Gasteiger charge is 2.25. The molecule has 0 bridgehead atoms. The zero-order valence-corrected chi connectivity index (χ0v) is 13.2. The van der Waals surface area contributed by atoms with Crippen molar-refractivity contribution in [3.8, 4) is 5.75 Å². The van der Waals surface area contributed by atoms with Gasteiger partial charge in [0.1, 0.15) is 24.2 Å². The monoisotopic (exact) mass is 303 g/mol. The fourth-order valence-corrected chi connectivity index (χ4v) is 2.15. The summed E-state index contributed by atoms with van der Waals surface area (Å²) < 4.78 is 11.1. The van der Waals surface area contributed by atoms with Crippen LogP contribution >= 0.6 is 0 Å². The summed E-state index contributed by atoms with van der Waals surface area (Å²) in [6.07, 6.45) is 3.54. The van der Waals surface area contributed by atoms with Crippen molar-refractivity contribution in [1.82, 2.24) is 4.90 Å². The highest BCUT2D eigenvalue weighted by atomic mass is 16.6. The summed E-state index contributed by atoms with van der Waals surface area (Å²) in [6, 6.07) is 5.65. The lowest BCUT2D eigenvalue weighted by molar-refractivity contribution is -0.104. The maximum absolute atomic E-state index is 12.2. The Morgan fingerprint density at radius 2 is 2.14 bits per heavy atom. The van der Waals surface area contributed by atoms with Crippen LogP contribution < -0.4 is 4.74 Å². The average Bonchev–Trinajstić information content (AvgIpc) is 2.65. The Morgan fingerprint density at radius 1 is 1.36 bits per heavy atom. The number of aldehydes is 1. The van der Waals surface area contributed by atoms with Gasteiger partial charge in [-0.25, -0.2) is 4.79 Å². The van der Waals surface area contributed by atoms with Crippen molar-refractivity contribution in [2.75, 3.05) is 13.2 Å². The Hall–Kier alpha value is -2.30. The molecule has 0 unspecified atom stereocenters. The molecule has 22 heavy (non-hydrogen) atoms. The SMILES string of the molecule is CC(C)(C)OC(=O)N1CCOc2ccc(/C=C/C=O)cc2C1. The highest BCUT2D eigenvalue weighted by Crippen LogP contribution is 2.25. The first kappa shape index (κ1) is 16.1. The Labute approximate surface area is 130 Å². The maximum Gasteiger partial charge on any atom is 0.410 e. The molecule has 0 aromatic heterocycles. The first-order valence-corrected chi connectivity index (χ1v) is 7.24. The minimum Gasteiger partial charge on any atom is -0.491 e. The number of nitrogens with zero attached hydrogens (tertiary/aromatic N) is 1. The van der Waals surface area contributed by atoms with Crippen LogP contribution in [0, 0.1) is 0 Å². The van der Waals surface area contributed by atoms with Gasteiger partial charge in [0.25, 0.3) is 0 Å². The molecule has 0 fully saturated rings. The molecule has 2 rings (SSSR count). The third-order valence-electron chi connectivity index (χ3n) is 3.08. The molecule has 5 heteroatoms. The summed E-state index contributed by atoms with van der Waals surface area (Å²) in [6.45, 7) is 6.85. The van der Waals surface area contributed by atoms with Gasteiger partial charge >= 0.3 is 6.09 Å². The normalized spacial score (nSPS) is 15.0. The number of benzene rings is 1. The van der Waals surface area contributed by atoms with Gasteiger partial charge in [0.2, 0.25) is 0 Å². The summed E-state index contributed by atoms with van der Waals surface area (Å²) in [4.78, 5) is 24.3. The summed E-state index contributed by atoms with van der Waals surface area (Å²) >= 11 is 0. The second-order valence-corrected chi connectivity index (χ2v) is 6.11. The molecule has 1 amide bonds. The van der Waals surface area contributed by atoms with Crippen LogP contribution in [0.5, 0.6) is 5.75 Å². The van der Waals surface area contributed by atoms with Gasteiger partial charge in [-0.15, -0.1) is 0 Å². The van der Waals surface area contributed by atoms with E-state index in [9.17, 15) is 9.59 Å². The average molecular weight is 303 g/mol. The molecule has 0 atom stereocenters. The van der Waals surface area contributed by atoms with E-state index in [1.807, 2.05) is 39.0 Å². The molecule has 1 heterocycles. The fraction of sp³-hybridized carbons (Fsp3) is 0.412. The van der Waals surface area contributed by atoms with Gasteiger partial charge in [-0.1, -0.05) is 12.1 Å². The smallest absolute Gasteiger partial charge is 0.410 e. The Bertz CT molecular complexity index is 587. The van der Waals surface area contributed by atoms with E-state index in [4.69, 9.17) is 9.47 Å². The molecular formula is C17H21NO4. The van der Waals surface area contributed by atoms with Crippen molar-refractivity contribution in [1.29, 1.82) is 0 Å². The number of carbonyl (C=O) groups excluding carboxylic acids is 2. The van der Waals surface area contributed by atoms with Crippen LogP contribution in [0.2, 0.25) is 0 Å². The maximum atomic E-state index is 12.2. The van der Waals surface area contributed by atoms with Gasteiger partial charge in [-0.3, -0.25) is 4.79 Å². The minimum absolute atomic E-state index is 0.349. The Balaban J connectivity index is 2.19. The third-order valence-corrected chi connectivity index (χ3v) is 3.08. The molecule has 1 aromatic carbocycles. The summed E-state index contributed by atoms with van der Waals surface area (Å²) in [5.41, 5.74) is 1.26. The van der Waals surface area contributed by atoms with Crippen molar-refractivity contribution in [3.05, 3.63) is 35.4 Å². The quantitative estimate of drug-likeness (QED) is 0.622. The topological polar surface area (TPSA) is 55.8 Å². The molecule has 0 spiro atoms. The van der Waals surface area contributed by atoms with Crippen molar-refractivity contribution in [3.63, 3.8) is 0 Å². The third kappa shape index (κ3) is 4.35. The van der Waals surface area contributed by atoms with Gasteiger partial charge in [0.05, 0.1) is 13.1 Å². The zero-order chi connectivity index (χ0) is 16.2. The molecule has 1 aromatic rings. The van der Waals surface area contributed by atoms with Crippen molar-refractivity contribution in [2.24, 2.45) is 0 Å². The van der Waals surface area contributed by atoms with Crippen LogP contribution in [-0.4, -0.2) is 36.0 Å². The van der Waals surface area contributed by atoms with Crippen LogP contribution in [0.4, 0.5) is 4.79 Å². The van der Waals surface area contributed by atoms with Gasteiger partial charge in [-0.05, 0) is 44.5 Å². The first-order chi connectivity index (χ1) is 10.4. The van der Waals surface area contributed by atoms with Crippen molar-refractivity contribution >= 4 is 18.5 Å². The fourth-order valence-electron chi connectivity index (χ4n) is 2.15. The number of hydrogen-bond donors (Lipinski definition) is 0. The predicted molar refractivity (Wildman–Crippen MR) is 83.7 cm³/mol. The van der Waals surface area contributed by atoms with Crippen molar-refractivity contribution in [2.45, 2.75) is 32.9 Å². The molecule has 0 aliphatic carbocycles. The highest BCUT2D eigenvalue weighted by molar-refractivity contribution is 5.74. The van der Waals surface area contributed by atoms with Crippen LogP contribution in [0.15, 0.2) is 24.3 Å². The number of ether oxygens (including phenoxy) is 2. The van der Waals surface area contributed by atoms with Crippen LogP contribution in [0.1, 0.15) is 31.9 Å². The molecule has 0 radical (unpaired) electrons. The Morgan fingerprint density at radius 3 is 2.82 bits per heavy atom. The second-order valence-electron chi connectivity index (χ2n) is 6.11. The van der Waals surface area contributed by atoms with Gasteiger partial charge in [-0.2, -0.15) is 0 Å². The molecular weight excluding hydrogens is 282 g/mol. The predicted octanol–water partition coefficient (Wildman–Crippen LogP) is 3.03. The lowest BCUT2D eigenvalue weighted by Gasteiger charge is -2.26. The zero-order valence-electron chi connectivity index (χ0n) is 13.2. The minimum atomic E-state index is -0.526. The summed E-state index contributed by atoms with van der Waals surface area (Å²) in [7, 11) is 0. The Kier molecular flexibility index (Phi) is 4.85. The van der Waals surface area contributed by atoms with E-state index >= 15 is 0 Å². The molecule has 5 nitrogen and oxygen atoms in total. The molecule has 1 aliphatic heterocycles. The number of carbonyl (C=O) groups is 2. The molecule has 0 saturated heterocycles. The molecule has 0 N–H and O–H groups in total. The standard InChI is InChI=1S/C17H21NO4/c1-17(2,3)22-16(20)18-8-10-21-15-7-6-13(5-4-9-19)11-14(15)12-18/h4-7,9,11H,8,10,12H2,1-3H3/b5-4+. The van der Waals surface area contributed by atoms with E-state index in [1.54, 1.807) is 11.0 Å². The van der Waals surface area contributed by atoms with Crippen LogP contribution in [0.3, 0.4) is 0 Å². The van der Waals surface area contributed by atoms with Crippen LogP contribution in [-0.2, 0) is 16.1 Å². The number of amides is 1. The molecule has 118 valence electrons. The van der Waals surface area contributed by atoms with E-state index < -0.39 is 5.60 Å². The molecule has 1 aliphatic rings. The van der Waals surface area contributed by atoms with E-state index in [-0.39, 0.29) is 6.09 Å². The van der Waals surface area contributed by atoms with E-state index in [2.05, 4.69) is 0 Å². The number of rotatable bonds is 2. The number of allylic oxidation sites excluding steroid dienone is 1. The van der Waals surface area contributed by atoms with Gasteiger partial charge < -0.3 is 14.4 Å². The lowest BCUT2D eigenvalue weighted by atomic mass is 10.1. The summed E-state index contributed by atoms with van der Waals surface area (Å²) in [5.74, 6) is 0.759. The number of fused-ring (bicyclic) bond motifs is 1. The van der Waals surface area contributed by atoms with Gasteiger partial charge in [0, 0.05) is 5.56 Å². The largest absolute Gasteiger partial charge is 0.491 e. The second kappa shape index (κ2) is 6.64. The van der Waals surface area contributed by atoms with E-state index in [0.717, 1.165) is 23.2 Å². The summed E-state index contributed by atoms with van der Waals surface area (Å²) in [5, 5.41) is 0. The van der Waals surface area contributed by atoms with Crippen LogP contribution in [0.25, 0.3) is 6.08 Å². The van der Waals surface area contributed by atoms with Crippen molar-refractivity contribution < 1.29 is 19.1 Å². The number of hydrogen-bond acceptors (Lipinski definition) is 4. The van der Waals surface area contributed by atoms with Gasteiger partial charge in [0.15, 0.2) is 0 Å². The first-order valence-electron chi connectivity index (χ1n) is 7.24. The van der Waals surface area contributed by atoms with E-state index in [1.165, 1.54) is 6.08 Å².